The van der Waals surface area contributed by atoms with E-state index >= 15 is 0 Å². The van der Waals surface area contributed by atoms with E-state index in [1.807, 2.05) is 0 Å². The molecule has 1 aliphatic rings. The molecule has 1 atom stereocenters. The molecule has 6 nitrogen and oxygen atoms in total. The molecular formula is C18H19FN2O4. The number of amides is 2. The summed E-state index contributed by atoms with van der Waals surface area (Å²) < 4.78 is 23.6. The van der Waals surface area contributed by atoms with Crippen molar-refractivity contribution < 1.29 is 23.8 Å². The Morgan fingerprint density at radius 3 is 2.44 bits per heavy atom. The monoisotopic (exact) mass is 346 g/mol. The Bertz CT molecular complexity index is 779. The second kappa shape index (κ2) is 6.98. The first kappa shape index (κ1) is 17.0. The van der Waals surface area contributed by atoms with Gasteiger partial charge in [0.15, 0.2) is 0 Å². The zero-order valence-corrected chi connectivity index (χ0v) is 14.0. The maximum atomic E-state index is 13.0. The van der Waals surface area contributed by atoms with Crippen molar-refractivity contribution >= 4 is 11.7 Å². The van der Waals surface area contributed by atoms with Gasteiger partial charge in [-0.25, -0.2) is 9.18 Å². The third-order valence-electron chi connectivity index (χ3n) is 4.17. The van der Waals surface area contributed by atoms with Gasteiger partial charge in [-0.2, -0.15) is 0 Å². The van der Waals surface area contributed by atoms with E-state index in [0.717, 1.165) is 0 Å². The normalized spacial score (nSPS) is 16.2. The van der Waals surface area contributed by atoms with Crippen LogP contribution in [0.3, 0.4) is 0 Å². The smallest absolute Gasteiger partial charge is 0.322 e. The summed E-state index contributed by atoms with van der Waals surface area (Å²) in [7, 11) is 3.06. The summed E-state index contributed by atoms with van der Waals surface area (Å²) in [5, 5.41) is 13.2. The molecule has 25 heavy (non-hydrogen) atoms. The number of nitrogens with zero attached hydrogens (tertiary/aromatic N) is 1. The molecule has 0 aromatic heterocycles. The summed E-state index contributed by atoms with van der Waals surface area (Å²) >= 11 is 0. The molecule has 0 radical (unpaired) electrons. The molecule has 3 rings (SSSR count). The number of ether oxygens (including phenoxy) is 2. The van der Waals surface area contributed by atoms with Gasteiger partial charge in [-0.05, 0) is 36.4 Å². The van der Waals surface area contributed by atoms with E-state index in [2.05, 4.69) is 5.32 Å². The summed E-state index contributed by atoms with van der Waals surface area (Å²) in [6.07, 6.45) is -0.896. The van der Waals surface area contributed by atoms with Gasteiger partial charge >= 0.3 is 6.03 Å². The molecule has 1 heterocycles. The number of carbonyl (C=O) groups is 1. The van der Waals surface area contributed by atoms with Gasteiger partial charge in [-0.1, -0.05) is 0 Å². The molecule has 2 aromatic rings. The van der Waals surface area contributed by atoms with Crippen LogP contribution in [0.1, 0.15) is 17.2 Å². The molecule has 0 saturated heterocycles. The predicted octanol–water partition coefficient (Wildman–Crippen LogP) is 2.92. The quantitative estimate of drug-likeness (QED) is 0.896. The summed E-state index contributed by atoms with van der Waals surface area (Å²) in [4.78, 5) is 14.0. The molecule has 7 heteroatoms. The van der Waals surface area contributed by atoms with Gasteiger partial charge in [0.2, 0.25) is 0 Å². The first-order valence-electron chi connectivity index (χ1n) is 7.76. The number of rotatable bonds is 3. The van der Waals surface area contributed by atoms with Crippen LogP contribution in [0.4, 0.5) is 14.9 Å². The maximum absolute atomic E-state index is 13.0. The number of fused-ring (bicyclic) bond motifs is 1. The van der Waals surface area contributed by atoms with Crippen molar-refractivity contribution in [1.29, 1.82) is 0 Å². The lowest BCUT2D eigenvalue weighted by molar-refractivity contribution is 0.105. The Kier molecular flexibility index (Phi) is 4.76. The van der Waals surface area contributed by atoms with E-state index < -0.39 is 6.10 Å². The highest BCUT2D eigenvalue weighted by molar-refractivity contribution is 5.89. The van der Waals surface area contributed by atoms with Gasteiger partial charge in [-0.15, -0.1) is 0 Å². The lowest BCUT2D eigenvalue weighted by Gasteiger charge is -2.34. The average Bonchev–Trinajstić information content (AvgIpc) is 2.62. The molecule has 0 saturated carbocycles. The van der Waals surface area contributed by atoms with E-state index in [1.165, 1.54) is 43.4 Å². The lowest BCUT2D eigenvalue weighted by Crippen LogP contribution is -2.41. The van der Waals surface area contributed by atoms with Crippen LogP contribution in [0, 0.1) is 5.82 Å². The molecule has 0 spiro atoms. The molecule has 2 aromatic carbocycles. The van der Waals surface area contributed by atoms with Crippen molar-refractivity contribution in [2.45, 2.75) is 12.6 Å². The van der Waals surface area contributed by atoms with Crippen LogP contribution in [-0.4, -0.2) is 36.8 Å². The summed E-state index contributed by atoms with van der Waals surface area (Å²) in [6, 6.07) is 8.58. The van der Waals surface area contributed by atoms with E-state index in [4.69, 9.17) is 9.47 Å². The topological polar surface area (TPSA) is 71.0 Å². The minimum Gasteiger partial charge on any atom is -0.496 e. The number of urea groups is 1. The molecule has 1 aliphatic heterocycles. The number of methoxy groups -OCH3 is 2. The minimum absolute atomic E-state index is 0.115. The Labute approximate surface area is 144 Å². The van der Waals surface area contributed by atoms with E-state index in [1.54, 1.807) is 12.1 Å². The van der Waals surface area contributed by atoms with E-state index in [9.17, 15) is 14.3 Å². The van der Waals surface area contributed by atoms with E-state index in [0.29, 0.717) is 28.3 Å². The third-order valence-corrected chi connectivity index (χ3v) is 4.17. The van der Waals surface area contributed by atoms with Crippen LogP contribution in [0.25, 0.3) is 0 Å². The minimum atomic E-state index is -0.896. The first-order valence-corrected chi connectivity index (χ1v) is 7.76. The Hall–Kier alpha value is -2.80. The third kappa shape index (κ3) is 3.36. The second-order valence-electron chi connectivity index (χ2n) is 5.70. The number of hydrogen-bond donors (Lipinski definition) is 2. The van der Waals surface area contributed by atoms with Crippen LogP contribution in [0.5, 0.6) is 11.5 Å². The van der Waals surface area contributed by atoms with Crippen LogP contribution >= 0.6 is 0 Å². The predicted molar refractivity (Wildman–Crippen MR) is 90.3 cm³/mol. The molecule has 1 unspecified atom stereocenters. The number of carbonyl (C=O) groups excluding carboxylic acids is 1. The van der Waals surface area contributed by atoms with Crippen molar-refractivity contribution in [2.75, 3.05) is 26.1 Å². The van der Waals surface area contributed by atoms with Gasteiger partial charge in [-0.3, -0.25) is 0 Å². The van der Waals surface area contributed by atoms with Crippen LogP contribution in [0.15, 0.2) is 36.4 Å². The Morgan fingerprint density at radius 2 is 1.80 bits per heavy atom. The number of hydrogen-bond acceptors (Lipinski definition) is 4. The zero-order chi connectivity index (χ0) is 18.0. The van der Waals surface area contributed by atoms with Crippen molar-refractivity contribution in [1.82, 2.24) is 4.90 Å². The van der Waals surface area contributed by atoms with Crippen molar-refractivity contribution in [2.24, 2.45) is 0 Å². The highest BCUT2D eigenvalue weighted by atomic mass is 19.1. The Balaban J connectivity index is 1.85. The standard InChI is InChI=1S/C18H19FN2O4/c1-24-15-7-8-16(25-2)17-13(15)9-21(10-14(17)22)18(23)20-12-5-3-11(19)4-6-12/h3-8,14,22H,9-10H2,1-2H3,(H,20,23). The number of aliphatic hydroxyl groups is 1. The number of halogens is 1. The summed E-state index contributed by atoms with van der Waals surface area (Å²) in [6.45, 7) is 0.378. The molecule has 0 fully saturated rings. The van der Waals surface area contributed by atoms with Crippen LogP contribution < -0.4 is 14.8 Å². The van der Waals surface area contributed by atoms with Gasteiger partial charge in [0, 0.05) is 16.8 Å². The fourth-order valence-electron chi connectivity index (χ4n) is 2.97. The van der Waals surface area contributed by atoms with E-state index in [-0.39, 0.29) is 24.9 Å². The SMILES string of the molecule is COc1ccc(OC)c2c1CN(C(=O)Nc1ccc(F)cc1)CC2O. The molecule has 0 bridgehead atoms. The zero-order valence-electron chi connectivity index (χ0n) is 14.0. The molecule has 2 N–H and O–H groups in total. The number of anilines is 1. The molecular weight excluding hydrogens is 327 g/mol. The lowest BCUT2D eigenvalue weighted by atomic mass is 9.95. The molecule has 0 aliphatic carbocycles. The first-order chi connectivity index (χ1) is 12.0. The molecule has 2 amide bonds. The van der Waals surface area contributed by atoms with Gasteiger partial charge in [0.05, 0.1) is 27.3 Å². The van der Waals surface area contributed by atoms with Crippen LogP contribution in [0.2, 0.25) is 0 Å². The molecule has 132 valence electrons. The number of aliphatic hydroxyl groups excluding tert-OH is 1. The maximum Gasteiger partial charge on any atom is 0.322 e. The fourth-order valence-corrected chi connectivity index (χ4v) is 2.97. The fraction of sp³-hybridized carbons (Fsp3) is 0.278. The number of nitrogens with one attached hydrogen (secondary N) is 1. The largest absolute Gasteiger partial charge is 0.496 e. The van der Waals surface area contributed by atoms with Crippen LogP contribution in [-0.2, 0) is 6.54 Å². The van der Waals surface area contributed by atoms with Crippen molar-refractivity contribution in [3.8, 4) is 11.5 Å². The van der Waals surface area contributed by atoms with Gasteiger partial charge in [0.1, 0.15) is 23.4 Å². The average molecular weight is 346 g/mol. The summed E-state index contributed by atoms with van der Waals surface area (Å²) in [5.41, 5.74) is 1.81. The van der Waals surface area contributed by atoms with Crippen molar-refractivity contribution in [3.63, 3.8) is 0 Å². The highest BCUT2D eigenvalue weighted by Gasteiger charge is 2.31. The van der Waals surface area contributed by atoms with Gasteiger partial charge < -0.3 is 24.8 Å². The highest BCUT2D eigenvalue weighted by Crippen LogP contribution is 2.39. The number of benzene rings is 2. The number of β-amino-alcohol motifs (C(OH)–C–C–N with tert-alkyl or cyclic N) is 1. The van der Waals surface area contributed by atoms with Gasteiger partial charge in [0.25, 0.3) is 0 Å². The summed E-state index contributed by atoms with van der Waals surface area (Å²) in [5.74, 6) is 0.758. The Morgan fingerprint density at radius 1 is 1.16 bits per heavy atom. The van der Waals surface area contributed by atoms with Crippen molar-refractivity contribution in [3.05, 3.63) is 53.3 Å². The second-order valence-corrected chi connectivity index (χ2v) is 5.70.